The van der Waals surface area contributed by atoms with Gasteiger partial charge >= 0.3 is 0 Å². The molecule has 0 saturated carbocycles. The van der Waals surface area contributed by atoms with Gasteiger partial charge in [0.2, 0.25) is 18.1 Å². The number of phenolic OH excluding ortho intramolecular Hbond substituents is 1. The fraction of sp³-hybridized carbons (Fsp3) is 0.526. The number of thiol groups is 1. The second kappa shape index (κ2) is 11.6. The van der Waals surface area contributed by atoms with Gasteiger partial charge in [0.05, 0.1) is 6.04 Å². The molecule has 0 saturated heterocycles. The molecule has 1 rings (SSSR count). The van der Waals surface area contributed by atoms with Crippen molar-refractivity contribution in [3.05, 3.63) is 29.8 Å². The minimum absolute atomic E-state index is 0.0503. The van der Waals surface area contributed by atoms with Crippen molar-refractivity contribution in [3.8, 4) is 5.75 Å². The maximum atomic E-state index is 12.6. The van der Waals surface area contributed by atoms with Gasteiger partial charge in [-0.2, -0.15) is 12.6 Å². The number of rotatable bonds is 11. The van der Waals surface area contributed by atoms with Crippen molar-refractivity contribution in [2.45, 2.75) is 51.6 Å². The van der Waals surface area contributed by atoms with E-state index in [-0.39, 0.29) is 30.4 Å². The molecule has 0 aliphatic heterocycles. The lowest BCUT2D eigenvalue weighted by atomic mass is 9.99. The third kappa shape index (κ3) is 7.47. The molecule has 1 radical (unpaired) electrons. The summed E-state index contributed by atoms with van der Waals surface area (Å²) in [5, 5.41) is 14.8. The van der Waals surface area contributed by atoms with Crippen molar-refractivity contribution in [2.75, 3.05) is 5.75 Å². The van der Waals surface area contributed by atoms with Crippen molar-refractivity contribution in [1.82, 2.24) is 10.6 Å². The molecule has 0 aliphatic carbocycles. The Morgan fingerprint density at radius 3 is 2.42 bits per heavy atom. The molecule has 0 fully saturated rings. The van der Waals surface area contributed by atoms with E-state index in [1.54, 1.807) is 12.1 Å². The van der Waals surface area contributed by atoms with Gasteiger partial charge in [-0.05, 0) is 35.8 Å². The molecule has 0 heterocycles. The summed E-state index contributed by atoms with van der Waals surface area (Å²) in [6, 6.07) is 4.89. The standard InChI is InChI=1S/C19H27N2O4S/c1-3-13(2)17(12-22)21-19(25)16(20-18(24)5-4-10-26)11-14-6-8-15(23)9-7-14/h6-9,13,16-17,23,26H,3-5,10-11H2,1-2H3,(H,20,24)(H,21,25)/t13-,16-,17+/m0/s1. The molecule has 3 atom stereocenters. The molecule has 0 bridgehead atoms. The highest BCUT2D eigenvalue weighted by molar-refractivity contribution is 7.80. The Morgan fingerprint density at radius 1 is 1.23 bits per heavy atom. The van der Waals surface area contributed by atoms with Gasteiger partial charge in [0, 0.05) is 12.8 Å². The van der Waals surface area contributed by atoms with Crippen LogP contribution >= 0.6 is 12.6 Å². The van der Waals surface area contributed by atoms with Crippen LogP contribution < -0.4 is 10.6 Å². The number of amides is 2. The lowest BCUT2D eigenvalue weighted by Gasteiger charge is -2.23. The summed E-state index contributed by atoms with van der Waals surface area (Å²) >= 11 is 4.08. The smallest absolute Gasteiger partial charge is 0.243 e. The number of carbonyl (C=O) groups is 2. The topological polar surface area (TPSA) is 95.5 Å². The Hall–Kier alpha value is -2.02. The van der Waals surface area contributed by atoms with E-state index < -0.39 is 18.0 Å². The Bertz CT molecular complexity index is 592. The van der Waals surface area contributed by atoms with E-state index in [4.69, 9.17) is 0 Å². The quantitative estimate of drug-likeness (QED) is 0.441. The molecule has 1 aromatic carbocycles. The fourth-order valence-corrected chi connectivity index (χ4v) is 2.52. The molecule has 3 N–H and O–H groups in total. The largest absolute Gasteiger partial charge is 0.508 e. The molecular weight excluding hydrogens is 352 g/mol. The highest BCUT2D eigenvalue weighted by atomic mass is 32.1. The summed E-state index contributed by atoms with van der Waals surface area (Å²) in [6.45, 7) is 3.78. The maximum absolute atomic E-state index is 12.6. The van der Waals surface area contributed by atoms with Crippen LogP contribution in [0.4, 0.5) is 0 Å². The Balaban J connectivity index is 2.86. The lowest BCUT2D eigenvalue weighted by molar-refractivity contribution is -0.129. The summed E-state index contributed by atoms with van der Waals surface area (Å²) < 4.78 is 0. The summed E-state index contributed by atoms with van der Waals surface area (Å²) in [5.41, 5.74) is 0.785. The van der Waals surface area contributed by atoms with E-state index in [0.717, 1.165) is 12.0 Å². The second-order valence-corrected chi connectivity index (χ2v) is 6.75. The Labute approximate surface area is 160 Å². The average Bonchev–Trinajstić information content (AvgIpc) is 2.64. The number of hydrogen-bond acceptors (Lipinski definition) is 5. The van der Waals surface area contributed by atoms with Gasteiger partial charge in [-0.15, -0.1) is 0 Å². The second-order valence-electron chi connectivity index (χ2n) is 6.31. The summed E-state index contributed by atoms with van der Waals surface area (Å²) in [7, 11) is 0. The molecule has 0 unspecified atom stereocenters. The fourth-order valence-electron chi connectivity index (χ4n) is 2.36. The van der Waals surface area contributed by atoms with Crippen LogP contribution in [0.5, 0.6) is 5.75 Å². The van der Waals surface area contributed by atoms with Crippen LogP contribution in [-0.2, 0) is 20.8 Å². The number of phenols is 1. The molecule has 7 heteroatoms. The zero-order valence-corrected chi connectivity index (χ0v) is 16.1. The lowest BCUT2D eigenvalue weighted by Crippen LogP contribution is -2.52. The molecule has 0 spiro atoms. The number of nitrogens with one attached hydrogen (secondary N) is 2. The van der Waals surface area contributed by atoms with Crippen molar-refractivity contribution in [1.29, 1.82) is 0 Å². The molecule has 2 amide bonds. The number of carbonyl (C=O) groups excluding carboxylic acids is 3. The normalized spacial score (nSPS) is 14.1. The third-order valence-electron chi connectivity index (χ3n) is 4.23. The molecule has 0 aromatic heterocycles. The van der Waals surface area contributed by atoms with Crippen LogP contribution in [0.15, 0.2) is 24.3 Å². The predicted octanol–water partition coefficient (Wildman–Crippen LogP) is 1.77. The Kier molecular flexibility index (Phi) is 9.80. The number of aromatic hydroxyl groups is 1. The predicted molar refractivity (Wildman–Crippen MR) is 104 cm³/mol. The zero-order valence-electron chi connectivity index (χ0n) is 15.2. The van der Waals surface area contributed by atoms with E-state index in [2.05, 4.69) is 23.3 Å². The first-order valence-electron chi connectivity index (χ1n) is 8.77. The third-order valence-corrected chi connectivity index (χ3v) is 4.54. The van der Waals surface area contributed by atoms with E-state index >= 15 is 0 Å². The van der Waals surface area contributed by atoms with Crippen LogP contribution in [0.3, 0.4) is 0 Å². The van der Waals surface area contributed by atoms with Crippen molar-refractivity contribution in [2.24, 2.45) is 5.92 Å². The molecule has 143 valence electrons. The average molecular weight is 380 g/mol. The van der Waals surface area contributed by atoms with E-state index in [9.17, 15) is 19.5 Å². The van der Waals surface area contributed by atoms with Crippen molar-refractivity contribution in [3.63, 3.8) is 0 Å². The first-order chi connectivity index (χ1) is 12.4. The zero-order chi connectivity index (χ0) is 19.5. The number of benzene rings is 1. The summed E-state index contributed by atoms with van der Waals surface area (Å²) in [4.78, 5) is 35.9. The number of hydrogen-bond donors (Lipinski definition) is 4. The molecule has 6 nitrogen and oxygen atoms in total. The van der Waals surface area contributed by atoms with Gasteiger partial charge in [-0.25, -0.2) is 0 Å². The van der Waals surface area contributed by atoms with Gasteiger partial charge in [-0.3, -0.25) is 14.4 Å². The van der Waals surface area contributed by atoms with E-state index in [0.29, 0.717) is 12.2 Å². The van der Waals surface area contributed by atoms with Gasteiger partial charge in [0.25, 0.3) is 0 Å². The molecule has 0 aliphatic rings. The van der Waals surface area contributed by atoms with Crippen LogP contribution in [0.2, 0.25) is 0 Å². The van der Waals surface area contributed by atoms with Gasteiger partial charge < -0.3 is 15.7 Å². The maximum Gasteiger partial charge on any atom is 0.243 e. The minimum atomic E-state index is -0.813. The molecular formula is C19H27N2O4S. The van der Waals surface area contributed by atoms with Crippen LogP contribution in [-0.4, -0.2) is 41.0 Å². The summed E-state index contributed by atoms with van der Waals surface area (Å²) in [5.74, 6) is -0.0111. The molecule has 26 heavy (non-hydrogen) atoms. The van der Waals surface area contributed by atoms with Crippen molar-refractivity contribution >= 4 is 30.7 Å². The van der Waals surface area contributed by atoms with Gasteiger partial charge in [-0.1, -0.05) is 32.4 Å². The van der Waals surface area contributed by atoms with Gasteiger partial charge in [0.15, 0.2) is 0 Å². The Morgan fingerprint density at radius 2 is 1.88 bits per heavy atom. The molecule has 1 aromatic rings. The minimum Gasteiger partial charge on any atom is -0.508 e. The monoisotopic (exact) mass is 379 g/mol. The first-order valence-corrected chi connectivity index (χ1v) is 9.40. The van der Waals surface area contributed by atoms with E-state index in [1.165, 1.54) is 12.1 Å². The van der Waals surface area contributed by atoms with E-state index in [1.807, 2.05) is 20.1 Å². The highest BCUT2D eigenvalue weighted by Crippen LogP contribution is 2.12. The first kappa shape index (κ1) is 22.0. The highest BCUT2D eigenvalue weighted by Gasteiger charge is 2.25. The van der Waals surface area contributed by atoms with Gasteiger partial charge in [0.1, 0.15) is 11.8 Å². The van der Waals surface area contributed by atoms with Crippen molar-refractivity contribution < 1.29 is 19.5 Å². The van der Waals surface area contributed by atoms with Crippen LogP contribution in [0.25, 0.3) is 0 Å². The SMILES string of the molecule is CC[C@H](C)[C@@H]([C]=O)NC(=O)[C@H](Cc1ccc(O)cc1)NC(=O)CCCS. The van der Waals surface area contributed by atoms with Crippen LogP contribution in [0.1, 0.15) is 38.7 Å². The summed E-state index contributed by atoms with van der Waals surface area (Å²) in [6.07, 6.45) is 3.72. The van der Waals surface area contributed by atoms with Crippen LogP contribution in [0, 0.1) is 5.92 Å².